The number of carbonyl (C=O) groups is 3. The Hall–Kier alpha value is -4.93. The first-order valence-corrected chi connectivity index (χ1v) is 14.9. The fourth-order valence-electron chi connectivity index (χ4n) is 4.07. The number of hydrogen-bond acceptors (Lipinski definition) is 6. The van der Waals surface area contributed by atoms with Gasteiger partial charge < -0.3 is 16.0 Å². The maximum Gasteiger partial charge on any atom is 0.272 e. The quantitative estimate of drug-likeness (QED) is 0.0683. The molecule has 0 heterocycles. The number of thioether (sulfide) groups is 1. The van der Waals surface area contributed by atoms with Gasteiger partial charge in [0.25, 0.3) is 17.5 Å². The van der Waals surface area contributed by atoms with E-state index in [1.807, 2.05) is 13.0 Å². The van der Waals surface area contributed by atoms with Crippen molar-refractivity contribution >= 4 is 64.2 Å². The van der Waals surface area contributed by atoms with Crippen LogP contribution in [0.5, 0.6) is 0 Å². The highest BCUT2D eigenvalue weighted by Gasteiger charge is 2.21. The SMILES string of the molecule is CCC(Sc1cccc(NC(=O)/C(=C/c2ccc(Cl)cc2)NC(=O)c2ccccc2)c1)C(=O)Nc1cc([N+](=O)[O-])ccc1C. The van der Waals surface area contributed by atoms with Crippen molar-refractivity contribution in [3.8, 4) is 0 Å². The Morgan fingerprint density at radius 3 is 2.34 bits per heavy atom. The second kappa shape index (κ2) is 15.0. The summed E-state index contributed by atoms with van der Waals surface area (Å²) in [6.45, 7) is 3.63. The van der Waals surface area contributed by atoms with Crippen LogP contribution in [-0.2, 0) is 9.59 Å². The number of halogens is 1. The summed E-state index contributed by atoms with van der Waals surface area (Å²) >= 11 is 7.31. The molecule has 3 amide bonds. The Balaban J connectivity index is 1.50. The average Bonchev–Trinajstić information content (AvgIpc) is 3.02. The molecule has 0 bridgehead atoms. The van der Waals surface area contributed by atoms with Gasteiger partial charge in [-0.1, -0.05) is 61.0 Å². The Morgan fingerprint density at radius 1 is 0.932 bits per heavy atom. The number of aryl methyl sites for hydroxylation is 1. The number of hydrogen-bond donors (Lipinski definition) is 3. The van der Waals surface area contributed by atoms with Crippen molar-refractivity contribution in [1.82, 2.24) is 5.32 Å². The molecular formula is C33H29ClN4O5S. The zero-order chi connectivity index (χ0) is 31.6. The van der Waals surface area contributed by atoms with Crippen LogP contribution in [0.3, 0.4) is 0 Å². The van der Waals surface area contributed by atoms with Crippen molar-refractivity contribution in [1.29, 1.82) is 0 Å². The second-order valence-electron chi connectivity index (χ2n) is 9.67. The molecule has 4 aromatic rings. The normalized spacial score (nSPS) is 11.8. The zero-order valence-corrected chi connectivity index (χ0v) is 25.4. The number of nitrogens with zero attached hydrogens (tertiary/aromatic N) is 1. The third-order valence-corrected chi connectivity index (χ3v) is 8.04. The van der Waals surface area contributed by atoms with E-state index in [0.29, 0.717) is 39.5 Å². The Bertz CT molecular complexity index is 1710. The summed E-state index contributed by atoms with van der Waals surface area (Å²) in [7, 11) is 0. The number of non-ortho nitro benzene ring substituents is 1. The van der Waals surface area contributed by atoms with Crippen molar-refractivity contribution in [3.05, 3.63) is 135 Å². The summed E-state index contributed by atoms with van der Waals surface area (Å²) in [6.07, 6.45) is 2.04. The predicted octanol–water partition coefficient (Wildman–Crippen LogP) is 7.48. The fraction of sp³-hybridized carbons (Fsp3) is 0.121. The summed E-state index contributed by atoms with van der Waals surface area (Å²) in [5, 5.41) is 19.6. The van der Waals surface area contributed by atoms with E-state index >= 15 is 0 Å². The van der Waals surface area contributed by atoms with Gasteiger partial charge in [-0.05, 0) is 73.0 Å². The van der Waals surface area contributed by atoms with Gasteiger partial charge in [-0.3, -0.25) is 24.5 Å². The lowest BCUT2D eigenvalue weighted by atomic mass is 10.1. The van der Waals surface area contributed by atoms with Gasteiger partial charge in [0.1, 0.15) is 5.70 Å². The molecule has 44 heavy (non-hydrogen) atoms. The lowest BCUT2D eigenvalue weighted by Crippen LogP contribution is -2.30. The van der Waals surface area contributed by atoms with Crippen LogP contribution in [-0.4, -0.2) is 27.9 Å². The van der Waals surface area contributed by atoms with E-state index in [1.165, 1.54) is 23.9 Å². The van der Waals surface area contributed by atoms with Crippen molar-refractivity contribution in [2.45, 2.75) is 30.4 Å². The molecule has 1 atom stereocenters. The van der Waals surface area contributed by atoms with Crippen LogP contribution < -0.4 is 16.0 Å². The number of nitro benzene ring substituents is 1. The van der Waals surface area contributed by atoms with Crippen molar-refractivity contribution in [2.75, 3.05) is 10.6 Å². The molecule has 0 aromatic heterocycles. The molecular weight excluding hydrogens is 600 g/mol. The van der Waals surface area contributed by atoms with Crippen molar-refractivity contribution < 1.29 is 19.3 Å². The number of anilines is 2. The van der Waals surface area contributed by atoms with E-state index in [1.54, 1.807) is 91.9 Å². The minimum Gasteiger partial charge on any atom is -0.325 e. The number of nitrogens with one attached hydrogen (secondary N) is 3. The molecule has 0 aliphatic heterocycles. The fourth-order valence-corrected chi connectivity index (χ4v) is 5.21. The second-order valence-corrected chi connectivity index (χ2v) is 11.4. The van der Waals surface area contributed by atoms with Gasteiger partial charge in [0.2, 0.25) is 5.91 Å². The van der Waals surface area contributed by atoms with E-state index in [9.17, 15) is 24.5 Å². The lowest BCUT2D eigenvalue weighted by molar-refractivity contribution is -0.384. The Labute approximate surface area is 263 Å². The maximum absolute atomic E-state index is 13.4. The maximum atomic E-state index is 13.4. The van der Waals surface area contributed by atoms with E-state index in [0.717, 1.165) is 4.90 Å². The van der Waals surface area contributed by atoms with Gasteiger partial charge >= 0.3 is 0 Å². The minimum atomic E-state index is -0.544. The molecule has 3 N–H and O–H groups in total. The molecule has 1 unspecified atom stereocenters. The summed E-state index contributed by atoms with van der Waals surface area (Å²) in [6, 6.07) is 26.7. The van der Waals surface area contributed by atoms with Crippen LogP contribution in [0.1, 0.15) is 34.8 Å². The molecule has 0 saturated heterocycles. The summed E-state index contributed by atoms with van der Waals surface area (Å²) < 4.78 is 0. The standard InChI is InChI=1S/C33H29ClN4O5S/c1-3-30(33(41)36-28-20-26(38(42)43)17-12-21(28)2)44-27-11-7-10-25(19-27)35-32(40)29(18-22-13-15-24(34)16-14-22)37-31(39)23-8-5-4-6-9-23/h4-20,30H,3H2,1-2H3,(H,35,40)(H,36,41)(H,37,39)/b29-18-. The van der Waals surface area contributed by atoms with Gasteiger partial charge in [0.05, 0.1) is 15.9 Å². The molecule has 0 aliphatic rings. The van der Waals surface area contributed by atoms with Crippen molar-refractivity contribution in [2.24, 2.45) is 0 Å². The molecule has 9 nitrogen and oxygen atoms in total. The van der Waals surface area contributed by atoms with Crippen LogP contribution in [0.25, 0.3) is 6.08 Å². The molecule has 0 aliphatic carbocycles. The van der Waals surface area contributed by atoms with Crippen LogP contribution >= 0.6 is 23.4 Å². The van der Waals surface area contributed by atoms with Gasteiger partial charge in [-0.15, -0.1) is 11.8 Å². The third-order valence-electron chi connectivity index (χ3n) is 6.43. The minimum absolute atomic E-state index is 0.0253. The lowest BCUT2D eigenvalue weighted by Gasteiger charge is -2.17. The smallest absolute Gasteiger partial charge is 0.272 e. The molecule has 11 heteroatoms. The van der Waals surface area contributed by atoms with Gasteiger partial charge in [-0.2, -0.15) is 0 Å². The van der Waals surface area contributed by atoms with Crippen LogP contribution in [0.15, 0.2) is 108 Å². The van der Waals surface area contributed by atoms with E-state index < -0.39 is 22.0 Å². The van der Waals surface area contributed by atoms with Gasteiger partial charge in [0, 0.05) is 33.3 Å². The first kappa shape index (κ1) is 32.0. The third kappa shape index (κ3) is 8.79. The molecule has 4 rings (SSSR count). The number of rotatable bonds is 11. The molecule has 0 saturated carbocycles. The molecule has 0 fully saturated rings. The van der Waals surface area contributed by atoms with Crippen molar-refractivity contribution in [3.63, 3.8) is 0 Å². The number of benzene rings is 4. The highest BCUT2D eigenvalue weighted by atomic mass is 35.5. The largest absolute Gasteiger partial charge is 0.325 e. The highest BCUT2D eigenvalue weighted by molar-refractivity contribution is 8.00. The van der Waals surface area contributed by atoms with Crippen LogP contribution in [0.4, 0.5) is 17.1 Å². The molecule has 224 valence electrons. The zero-order valence-electron chi connectivity index (χ0n) is 23.9. The van der Waals surface area contributed by atoms with Crippen LogP contribution in [0, 0.1) is 17.0 Å². The summed E-state index contributed by atoms with van der Waals surface area (Å²) in [5.41, 5.74) is 2.51. The summed E-state index contributed by atoms with van der Waals surface area (Å²) in [4.78, 5) is 50.8. The summed E-state index contributed by atoms with van der Waals surface area (Å²) in [5.74, 6) is -1.29. The van der Waals surface area contributed by atoms with E-state index in [2.05, 4.69) is 16.0 Å². The molecule has 0 radical (unpaired) electrons. The van der Waals surface area contributed by atoms with Crippen LogP contribution in [0.2, 0.25) is 5.02 Å². The predicted molar refractivity (Wildman–Crippen MR) is 175 cm³/mol. The monoisotopic (exact) mass is 628 g/mol. The average molecular weight is 629 g/mol. The Morgan fingerprint density at radius 2 is 1.66 bits per heavy atom. The first-order chi connectivity index (χ1) is 21.1. The van der Waals surface area contributed by atoms with E-state index in [4.69, 9.17) is 11.6 Å². The van der Waals surface area contributed by atoms with Gasteiger partial charge in [0.15, 0.2) is 0 Å². The van der Waals surface area contributed by atoms with E-state index in [-0.39, 0.29) is 17.3 Å². The first-order valence-electron chi connectivity index (χ1n) is 13.6. The molecule has 0 spiro atoms. The number of amides is 3. The topological polar surface area (TPSA) is 130 Å². The highest BCUT2D eigenvalue weighted by Crippen LogP contribution is 2.30. The Kier molecular flexibility index (Phi) is 10.9. The molecule has 4 aromatic carbocycles. The number of carbonyl (C=O) groups excluding carboxylic acids is 3. The van der Waals surface area contributed by atoms with Gasteiger partial charge in [-0.25, -0.2) is 0 Å². The number of nitro groups is 1.